The molecule has 0 fully saturated rings. The van der Waals surface area contributed by atoms with Gasteiger partial charge in [-0.05, 0) is 197 Å². The number of hydrogen-bond acceptors (Lipinski definition) is 21. The van der Waals surface area contributed by atoms with Crippen LogP contribution in [0.15, 0.2) is 202 Å². The number of carbonyl (C=O) groups is 2. The highest BCUT2D eigenvalue weighted by molar-refractivity contribution is 7.94. The minimum Gasteiger partial charge on any atom is -0.484 e. The topological polar surface area (TPSA) is 326 Å². The Morgan fingerprint density at radius 2 is 0.877 bits per heavy atom. The Labute approximate surface area is 793 Å². The summed E-state index contributed by atoms with van der Waals surface area (Å²) in [5.41, 5.74) is 3.37. The summed E-state index contributed by atoms with van der Waals surface area (Å²) in [7, 11) is -1.73. The Morgan fingerprint density at radius 1 is 0.507 bits per heavy atom. The lowest BCUT2D eigenvalue weighted by atomic mass is 9.81. The summed E-state index contributed by atoms with van der Waals surface area (Å²) in [6, 6.07) is 34.7. The third kappa shape index (κ3) is 37.0. The molecule has 7 aromatic carbocycles. The molecule has 3 atom stereocenters. The van der Waals surface area contributed by atoms with Crippen molar-refractivity contribution in [3.8, 4) is 34.3 Å². The first kappa shape index (κ1) is 119. The number of amides is 1. The van der Waals surface area contributed by atoms with Crippen molar-refractivity contribution in [1.29, 1.82) is 0 Å². The zero-order valence-corrected chi connectivity index (χ0v) is 78.6. The molecule has 0 aliphatic rings. The molecule has 25 nitrogen and oxygen atoms in total. The Balaban J connectivity index is 0.000000382. The number of nitrogens with zero attached hydrogens (tertiary/aromatic N) is 9. The van der Waals surface area contributed by atoms with Crippen LogP contribution in [0.4, 0.5) is 74.6 Å². The minimum absolute atomic E-state index is 0. The number of hydrogen-bond donors (Lipinski definition) is 2. The Hall–Kier alpha value is -11.6. The SMILES string of the molecule is C=CS(=O)(=O)CC.CCN(CC)CC.CCS(=O)(=O)CCN(C(=O)Cc1ccc(F)c(C(F)(F)F)c1)[C@H](C)c1nc2ccccc2c(=O)n1-c1ccc(OCC(F)(F)F)cc1.CCS(=O)(=O)CCN[C@H](C)c1nc2ccccc2c(=O)n1-c1ccc(OCC(F)(F)F)cc1.C[C@@H](N)c1nc2ncccc2c(=O)n1-c1ccc(OCC(F)(F)F)cc1.O=C(Cl)Cc1ccc(F)c(C(F)(F)F)c1.[B].[B][B]. The van der Waals surface area contributed by atoms with E-state index in [-0.39, 0.29) is 112 Å². The van der Waals surface area contributed by atoms with E-state index in [9.17, 15) is 124 Å². The van der Waals surface area contributed by atoms with Gasteiger partial charge in [0.1, 0.15) is 46.4 Å². The van der Waals surface area contributed by atoms with Gasteiger partial charge in [-0.2, -0.15) is 65.9 Å². The number of para-hydroxylation sites is 2. The van der Waals surface area contributed by atoms with Crippen LogP contribution in [-0.4, -0.2) is 204 Å². The molecule has 3 N–H and O–H groups in total. The van der Waals surface area contributed by atoms with Crippen LogP contribution in [0.1, 0.15) is 120 Å². The molecule has 11 rings (SSSR count). The summed E-state index contributed by atoms with van der Waals surface area (Å²) in [6.45, 7) is 18.0. The quantitative estimate of drug-likeness (QED) is 0.0231. The molecular formula is C89H95B3ClF17N11O14S3. The van der Waals surface area contributed by atoms with E-state index in [1.54, 1.807) is 76.2 Å². The molecule has 4 aromatic heterocycles. The number of ether oxygens (including phenoxy) is 3. The molecule has 138 heavy (non-hydrogen) atoms. The summed E-state index contributed by atoms with van der Waals surface area (Å²) in [5, 5.41) is 4.10. The lowest BCUT2D eigenvalue weighted by Crippen LogP contribution is -2.41. The molecule has 743 valence electrons. The monoisotopic (exact) mass is 2030 g/mol. The number of pyridine rings is 1. The standard InChI is InChI=1S/C31H28F7N3O5S.C22H24F3N3O4S.C17H15F3N4O2.C9H5ClF4O.C6H15N.C4H8O2S.B2.B/c1-3-47(44,45)15-14-40(27(42)17-20-8-13-25(32)24(16-20)31(36,37)38)19(2)28-39-26-7-5-4-6-23(26)29(43)41(28)21-9-11-22(12-10-21)46-18-30(33,34)35;1-3-33(30,31)13-12-26-15(2)20-27-19-7-5-4-6-18(19)21(29)28(20)16-8-10-17(11-9-16)32-14-22(23,24)25;1-10(21)15-23-14-13(3-2-8-22-14)16(25)24(15)11-4-6-12(7-5-11)26-9-17(18,19)20;10-8(15)4-5-1-2-7(11)6(3-5)9(12,13)14;1-4-7(5-2)6-3;1-3-7(5,6)4-2;1-2;/h4-13,16,19H,3,14-15,17-18H2,1-2H3;4-11,15,26H,3,12-14H2,1-2H3;2-8,10H,9,21H2,1H3;1-3H,4H2;4-6H2,1-3H3;3H,1,4H2,2H3;;/t19-;15-;10-;;;;;/m111...../s1. The molecule has 49 heteroatoms. The van der Waals surface area contributed by atoms with Gasteiger partial charge in [-0.15, -0.1) is 0 Å². The van der Waals surface area contributed by atoms with E-state index >= 15 is 0 Å². The van der Waals surface area contributed by atoms with E-state index < -0.39 is 157 Å². The third-order valence-electron chi connectivity index (χ3n) is 19.5. The average molecular weight is 2030 g/mol. The van der Waals surface area contributed by atoms with Crippen LogP contribution in [0.2, 0.25) is 0 Å². The van der Waals surface area contributed by atoms with Gasteiger partial charge in [-0.3, -0.25) is 37.7 Å². The molecule has 0 spiro atoms. The van der Waals surface area contributed by atoms with Gasteiger partial charge in [0.2, 0.25) is 11.1 Å². The fraction of sp³-hybridized carbons (Fsp3) is 0.360. The second-order valence-corrected chi connectivity index (χ2v) is 36.8. The number of rotatable bonds is 31. The Morgan fingerprint density at radius 3 is 1.23 bits per heavy atom. The number of nitrogens with two attached hydrogens (primary N) is 1. The van der Waals surface area contributed by atoms with E-state index in [0.29, 0.717) is 63.6 Å². The van der Waals surface area contributed by atoms with Crippen LogP contribution in [0.5, 0.6) is 17.2 Å². The highest BCUT2D eigenvalue weighted by atomic mass is 35.5. The van der Waals surface area contributed by atoms with Gasteiger partial charge >= 0.3 is 30.9 Å². The zero-order valence-electron chi connectivity index (χ0n) is 75.4. The van der Waals surface area contributed by atoms with E-state index in [0.717, 1.165) is 27.0 Å². The van der Waals surface area contributed by atoms with Crippen molar-refractivity contribution in [3.05, 3.63) is 270 Å². The minimum atomic E-state index is -5.04. The van der Waals surface area contributed by atoms with E-state index in [1.807, 2.05) is 0 Å². The van der Waals surface area contributed by atoms with Crippen LogP contribution in [0, 0.1) is 11.6 Å². The Bertz CT molecular complexity index is 6430. The van der Waals surface area contributed by atoms with E-state index in [4.69, 9.17) is 26.8 Å². The first-order valence-electron chi connectivity index (χ1n) is 41.2. The lowest BCUT2D eigenvalue weighted by molar-refractivity contribution is -0.154. The van der Waals surface area contributed by atoms with Gasteiger partial charge < -0.3 is 35.1 Å². The second-order valence-electron chi connectivity index (χ2n) is 29.2. The number of aromatic nitrogens is 7. The first-order valence-corrected chi connectivity index (χ1v) is 47.0. The van der Waals surface area contributed by atoms with Crippen LogP contribution in [0.25, 0.3) is 49.9 Å². The predicted octanol–water partition coefficient (Wildman–Crippen LogP) is 16.1. The summed E-state index contributed by atoms with van der Waals surface area (Å²) >= 11 is 5.00. The fourth-order valence-corrected chi connectivity index (χ4v) is 14.1. The summed E-state index contributed by atoms with van der Waals surface area (Å²) in [6.07, 6.45) is -22.8. The molecular weight excluding hydrogens is 1930 g/mol. The molecule has 0 aliphatic heterocycles. The lowest BCUT2D eigenvalue weighted by Gasteiger charge is -2.31. The summed E-state index contributed by atoms with van der Waals surface area (Å²) in [5.74, 6) is -3.95. The summed E-state index contributed by atoms with van der Waals surface area (Å²) < 4.78 is 302. The average Bonchev–Trinajstić information content (AvgIpc) is 0.811. The number of fused-ring (bicyclic) bond motifs is 3. The first-order chi connectivity index (χ1) is 63.9. The van der Waals surface area contributed by atoms with Crippen molar-refractivity contribution in [3.63, 3.8) is 0 Å². The maximum Gasteiger partial charge on any atom is 0.422 e. The maximum atomic E-state index is 13.9. The number of alkyl halides is 15. The number of benzene rings is 7. The van der Waals surface area contributed by atoms with Crippen LogP contribution < -0.4 is 41.9 Å². The van der Waals surface area contributed by atoms with Crippen LogP contribution in [-0.2, 0) is 64.3 Å². The normalized spacial score (nSPS) is 12.4. The largest absolute Gasteiger partial charge is 0.484 e. The van der Waals surface area contributed by atoms with Gasteiger partial charge in [-0.25, -0.2) is 54.0 Å². The number of sulfone groups is 3. The number of carbonyl (C=O) groups excluding carboxylic acids is 2. The molecule has 0 saturated heterocycles. The number of halogens is 18. The second kappa shape index (κ2) is 53.0. The molecule has 1 amide bonds. The van der Waals surface area contributed by atoms with Crippen molar-refractivity contribution in [2.75, 3.05) is 81.3 Å². The van der Waals surface area contributed by atoms with Crippen molar-refractivity contribution in [1.82, 2.24) is 48.8 Å². The zero-order chi connectivity index (χ0) is 103. The van der Waals surface area contributed by atoms with E-state index in [1.165, 1.54) is 134 Å². The van der Waals surface area contributed by atoms with Gasteiger partial charge in [0, 0.05) is 66.5 Å². The molecule has 0 bridgehead atoms. The van der Waals surface area contributed by atoms with Crippen molar-refractivity contribution < 1.29 is 124 Å². The van der Waals surface area contributed by atoms with E-state index in [2.05, 4.69) is 77.7 Å². The van der Waals surface area contributed by atoms with Crippen molar-refractivity contribution in [2.24, 2.45) is 5.73 Å². The van der Waals surface area contributed by atoms with Gasteiger partial charge in [0.05, 0.1) is 97.2 Å². The smallest absolute Gasteiger partial charge is 0.422 e. The molecule has 4 heterocycles. The maximum absolute atomic E-state index is 13.9. The predicted molar refractivity (Wildman–Crippen MR) is 494 cm³/mol. The highest BCUT2D eigenvalue weighted by Gasteiger charge is 2.38. The van der Waals surface area contributed by atoms with Crippen LogP contribution in [0.3, 0.4) is 0 Å². The molecule has 7 radical (unpaired) electrons. The van der Waals surface area contributed by atoms with Gasteiger partial charge in [0.15, 0.2) is 55.0 Å². The Kier molecular flexibility index (Phi) is 45.6. The molecule has 0 unspecified atom stereocenters. The summed E-state index contributed by atoms with van der Waals surface area (Å²) in [4.78, 5) is 85.1. The van der Waals surface area contributed by atoms with Gasteiger partial charge in [-0.1, -0.05) is 84.5 Å². The van der Waals surface area contributed by atoms with Crippen LogP contribution >= 0.6 is 11.6 Å². The van der Waals surface area contributed by atoms with Gasteiger partial charge in [0.25, 0.3) is 16.7 Å². The fourth-order valence-electron chi connectivity index (χ4n) is 12.3. The third-order valence-corrected chi connectivity index (χ3v) is 24.3. The van der Waals surface area contributed by atoms with Crippen molar-refractivity contribution >= 4 is 109 Å². The molecule has 0 saturated carbocycles. The molecule has 0 aliphatic carbocycles. The van der Waals surface area contributed by atoms with Crippen molar-refractivity contribution in [2.45, 2.75) is 124 Å². The highest BCUT2D eigenvalue weighted by Crippen LogP contribution is 2.35. The number of nitrogens with one attached hydrogen (secondary N) is 1. The molecule has 11 aromatic rings.